The van der Waals surface area contributed by atoms with E-state index in [1.807, 2.05) is 30.6 Å². The molecule has 0 bridgehead atoms. The quantitative estimate of drug-likeness (QED) is 0.584. The SMILES string of the molecule is CC(C)(C)c1cc(-c2cncc(-c3ccc(C(=O)N4CCC(O)CC4)cc3Cl)c2)ccn1. The van der Waals surface area contributed by atoms with Gasteiger partial charge < -0.3 is 10.0 Å². The third-order valence-electron chi connectivity index (χ3n) is 5.88. The Morgan fingerprint density at radius 2 is 1.75 bits per heavy atom. The molecule has 1 aromatic carbocycles. The largest absolute Gasteiger partial charge is 0.393 e. The first-order valence-electron chi connectivity index (χ1n) is 10.9. The molecule has 0 aliphatic carbocycles. The lowest BCUT2D eigenvalue weighted by molar-refractivity contribution is 0.0546. The van der Waals surface area contributed by atoms with Crippen molar-refractivity contribution in [1.29, 1.82) is 0 Å². The Morgan fingerprint density at radius 3 is 2.44 bits per heavy atom. The zero-order valence-corrected chi connectivity index (χ0v) is 19.4. The van der Waals surface area contributed by atoms with Gasteiger partial charge in [0.1, 0.15) is 0 Å². The second-order valence-electron chi connectivity index (χ2n) is 9.36. The van der Waals surface area contributed by atoms with Crippen LogP contribution >= 0.6 is 11.6 Å². The number of benzene rings is 1. The summed E-state index contributed by atoms with van der Waals surface area (Å²) in [6.45, 7) is 7.55. The maximum absolute atomic E-state index is 12.8. The molecule has 3 aromatic rings. The molecule has 1 aliphatic heterocycles. The number of piperidine rings is 1. The first-order chi connectivity index (χ1) is 15.2. The number of hydrogen-bond donors (Lipinski definition) is 1. The van der Waals surface area contributed by atoms with Gasteiger partial charge in [-0.15, -0.1) is 0 Å². The van der Waals surface area contributed by atoms with E-state index in [1.165, 1.54) is 0 Å². The summed E-state index contributed by atoms with van der Waals surface area (Å²) >= 11 is 6.60. The number of hydrogen-bond acceptors (Lipinski definition) is 4. The molecule has 1 aliphatic rings. The molecule has 1 amide bonds. The Morgan fingerprint density at radius 1 is 1.03 bits per heavy atom. The van der Waals surface area contributed by atoms with Crippen molar-refractivity contribution in [1.82, 2.24) is 14.9 Å². The van der Waals surface area contributed by atoms with Crippen molar-refractivity contribution in [3.8, 4) is 22.3 Å². The number of halogens is 1. The molecule has 1 fully saturated rings. The predicted molar refractivity (Wildman–Crippen MR) is 128 cm³/mol. The number of rotatable bonds is 3. The Hall–Kier alpha value is -2.76. The molecule has 166 valence electrons. The molecule has 0 atom stereocenters. The summed E-state index contributed by atoms with van der Waals surface area (Å²) in [4.78, 5) is 23.5. The lowest BCUT2D eigenvalue weighted by Gasteiger charge is -2.29. The molecule has 0 spiro atoms. The van der Waals surface area contributed by atoms with E-state index in [0.29, 0.717) is 36.5 Å². The van der Waals surface area contributed by atoms with Crippen LogP contribution in [-0.4, -0.2) is 45.1 Å². The number of amides is 1. The van der Waals surface area contributed by atoms with E-state index in [-0.39, 0.29) is 17.4 Å². The zero-order valence-electron chi connectivity index (χ0n) is 18.7. The highest BCUT2D eigenvalue weighted by Gasteiger charge is 2.23. The van der Waals surface area contributed by atoms with E-state index in [1.54, 1.807) is 17.2 Å². The smallest absolute Gasteiger partial charge is 0.253 e. The summed E-state index contributed by atoms with van der Waals surface area (Å²) in [5, 5.41) is 10.2. The highest BCUT2D eigenvalue weighted by molar-refractivity contribution is 6.33. The molecular formula is C26H28ClN3O2. The molecule has 0 saturated carbocycles. The number of aromatic nitrogens is 2. The van der Waals surface area contributed by atoms with Gasteiger partial charge in [-0.1, -0.05) is 38.4 Å². The summed E-state index contributed by atoms with van der Waals surface area (Å²) in [5.74, 6) is -0.0521. The van der Waals surface area contributed by atoms with Crippen molar-refractivity contribution in [2.45, 2.75) is 45.1 Å². The normalized spacial score (nSPS) is 15.1. The van der Waals surface area contributed by atoms with Gasteiger partial charge in [0, 0.05) is 70.1 Å². The van der Waals surface area contributed by atoms with Gasteiger partial charge in [-0.2, -0.15) is 0 Å². The number of aliphatic hydroxyl groups is 1. The second kappa shape index (κ2) is 9.00. The number of aliphatic hydroxyl groups excluding tert-OH is 1. The van der Waals surface area contributed by atoms with Gasteiger partial charge in [0.15, 0.2) is 0 Å². The van der Waals surface area contributed by atoms with Crippen LogP contribution in [0, 0.1) is 0 Å². The van der Waals surface area contributed by atoms with Crippen LogP contribution in [-0.2, 0) is 5.41 Å². The molecule has 0 unspecified atom stereocenters. The molecule has 6 heteroatoms. The van der Waals surface area contributed by atoms with Gasteiger partial charge in [0.2, 0.25) is 0 Å². The third-order valence-corrected chi connectivity index (χ3v) is 6.19. The fourth-order valence-corrected chi connectivity index (χ4v) is 4.19. The highest BCUT2D eigenvalue weighted by atomic mass is 35.5. The van der Waals surface area contributed by atoms with Crippen LogP contribution in [0.3, 0.4) is 0 Å². The second-order valence-corrected chi connectivity index (χ2v) is 9.77. The van der Waals surface area contributed by atoms with Crippen LogP contribution in [0.4, 0.5) is 0 Å². The van der Waals surface area contributed by atoms with E-state index in [0.717, 1.165) is 27.9 Å². The van der Waals surface area contributed by atoms with Crippen LogP contribution in [0.2, 0.25) is 5.02 Å². The first-order valence-corrected chi connectivity index (χ1v) is 11.3. The van der Waals surface area contributed by atoms with Crippen molar-refractivity contribution in [2.24, 2.45) is 0 Å². The lowest BCUT2D eigenvalue weighted by atomic mass is 9.90. The van der Waals surface area contributed by atoms with Crippen molar-refractivity contribution >= 4 is 17.5 Å². The number of nitrogens with zero attached hydrogens (tertiary/aromatic N) is 3. The van der Waals surface area contributed by atoms with E-state index in [9.17, 15) is 9.90 Å². The lowest BCUT2D eigenvalue weighted by Crippen LogP contribution is -2.40. The molecule has 3 heterocycles. The highest BCUT2D eigenvalue weighted by Crippen LogP contribution is 2.32. The average molecular weight is 450 g/mol. The minimum Gasteiger partial charge on any atom is -0.393 e. The van der Waals surface area contributed by atoms with E-state index in [4.69, 9.17) is 11.6 Å². The minimum absolute atomic E-state index is 0.0425. The van der Waals surface area contributed by atoms with E-state index < -0.39 is 0 Å². The van der Waals surface area contributed by atoms with Crippen LogP contribution in [0.15, 0.2) is 55.0 Å². The van der Waals surface area contributed by atoms with Gasteiger partial charge in [0.25, 0.3) is 5.91 Å². The molecule has 2 aromatic heterocycles. The molecule has 4 rings (SSSR count). The fourth-order valence-electron chi connectivity index (χ4n) is 3.90. The zero-order chi connectivity index (χ0) is 22.9. The van der Waals surface area contributed by atoms with Crippen LogP contribution in [0.25, 0.3) is 22.3 Å². The molecule has 1 saturated heterocycles. The maximum Gasteiger partial charge on any atom is 0.253 e. The minimum atomic E-state index is -0.315. The van der Waals surface area contributed by atoms with Crippen molar-refractivity contribution in [2.75, 3.05) is 13.1 Å². The number of carbonyl (C=O) groups is 1. The van der Waals surface area contributed by atoms with Gasteiger partial charge in [-0.25, -0.2) is 0 Å². The average Bonchev–Trinajstić information content (AvgIpc) is 2.78. The first kappa shape index (κ1) is 22.4. The van der Waals surface area contributed by atoms with Crippen molar-refractivity contribution in [3.05, 3.63) is 71.3 Å². The molecule has 0 radical (unpaired) electrons. The maximum atomic E-state index is 12.8. The molecule has 32 heavy (non-hydrogen) atoms. The van der Waals surface area contributed by atoms with Crippen LogP contribution in [0.1, 0.15) is 49.7 Å². The van der Waals surface area contributed by atoms with Gasteiger partial charge in [-0.3, -0.25) is 14.8 Å². The Balaban J connectivity index is 1.60. The summed E-state index contributed by atoms with van der Waals surface area (Å²) in [7, 11) is 0. The van der Waals surface area contributed by atoms with E-state index >= 15 is 0 Å². The number of carbonyl (C=O) groups excluding carboxylic acids is 1. The fraction of sp³-hybridized carbons (Fsp3) is 0.346. The third kappa shape index (κ3) is 4.84. The number of pyridine rings is 2. The summed E-state index contributed by atoms with van der Waals surface area (Å²) in [5.41, 5.74) is 5.29. The van der Waals surface area contributed by atoms with Crippen molar-refractivity contribution < 1.29 is 9.90 Å². The standard InChI is InChI=1S/C26H28ClN3O2/c1-26(2,3)24-14-17(6-9-29-24)19-12-20(16-28-15-19)22-5-4-18(13-23(22)27)25(32)30-10-7-21(31)8-11-30/h4-6,9,12-16,21,31H,7-8,10-11H2,1-3H3. The predicted octanol–water partition coefficient (Wildman–Crippen LogP) is 5.36. The molecule has 1 N–H and O–H groups in total. The van der Waals surface area contributed by atoms with Gasteiger partial charge in [-0.05, 0) is 48.7 Å². The Bertz CT molecular complexity index is 1130. The summed E-state index contributed by atoms with van der Waals surface area (Å²) in [6, 6.07) is 11.5. The van der Waals surface area contributed by atoms with Gasteiger partial charge >= 0.3 is 0 Å². The van der Waals surface area contributed by atoms with Crippen LogP contribution < -0.4 is 0 Å². The summed E-state index contributed by atoms with van der Waals surface area (Å²) in [6.07, 6.45) is 6.36. The van der Waals surface area contributed by atoms with Crippen molar-refractivity contribution in [3.63, 3.8) is 0 Å². The Kier molecular flexibility index (Phi) is 6.31. The van der Waals surface area contributed by atoms with Crippen LogP contribution in [0.5, 0.6) is 0 Å². The molecule has 5 nitrogen and oxygen atoms in total. The summed E-state index contributed by atoms with van der Waals surface area (Å²) < 4.78 is 0. The topological polar surface area (TPSA) is 66.3 Å². The van der Waals surface area contributed by atoms with E-state index in [2.05, 4.69) is 42.9 Å². The number of likely N-dealkylation sites (tertiary alicyclic amines) is 1. The monoisotopic (exact) mass is 449 g/mol. The Labute approximate surface area is 194 Å². The van der Waals surface area contributed by atoms with Gasteiger partial charge in [0.05, 0.1) is 6.10 Å². The molecular weight excluding hydrogens is 422 g/mol.